The molecule has 0 saturated heterocycles. The molecule has 0 atom stereocenters. The smallest absolute Gasteiger partial charge is 0.0627 e. The van der Waals surface area contributed by atoms with E-state index in [2.05, 4.69) is 30.2 Å². The first-order chi connectivity index (χ1) is 12.9. The molecule has 1 aliphatic rings. The number of aliphatic hydroxyl groups is 1. The van der Waals surface area contributed by atoms with Gasteiger partial charge >= 0.3 is 0 Å². The maximum absolute atomic E-state index is 8.90. The van der Waals surface area contributed by atoms with Crippen LogP contribution in [0.15, 0.2) is 71.4 Å². The van der Waals surface area contributed by atoms with Gasteiger partial charge in [-0.25, -0.2) is 0 Å². The fourth-order valence-electron chi connectivity index (χ4n) is 2.95. The van der Waals surface area contributed by atoms with Crippen LogP contribution in [0.25, 0.3) is 0 Å². The van der Waals surface area contributed by atoms with Crippen LogP contribution in [0, 0.1) is 5.41 Å². The lowest BCUT2D eigenvalue weighted by Crippen LogP contribution is -2.25. The van der Waals surface area contributed by atoms with Gasteiger partial charge in [-0.05, 0) is 60.7 Å². The number of benzene rings is 2. The summed E-state index contributed by atoms with van der Waals surface area (Å²) in [6.07, 6.45) is 4.02. The van der Waals surface area contributed by atoms with Gasteiger partial charge in [0.15, 0.2) is 0 Å². The molecule has 5 nitrogen and oxygen atoms in total. The highest BCUT2D eigenvalue weighted by Gasteiger charge is 2.26. The number of nitrogens with zero attached hydrogens (tertiary/aromatic N) is 1. The fraction of sp³-hybridized carbons (Fsp3) is 0.318. The average Bonchev–Trinajstić information content (AvgIpc) is 2.62. The standard InChI is InChI=1S/C16H23N3O.C6H7N/c1-16(2)10-14(18-7-8-20)9-15(11-16)19-13-5-3-12(17)4-6-13;7-6-4-2-1-3-5-6/h3-6,9,19-20H,7-8,10-11,17H2,1-2H3;1-5H,7H2. The van der Waals surface area contributed by atoms with E-state index in [1.807, 2.05) is 54.6 Å². The van der Waals surface area contributed by atoms with Crippen LogP contribution < -0.4 is 16.8 Å². The van der Waals surface area contributed by atoms with Crippen molar-refractivity contribution in [2.45, 2.75) is 26.7 Å². The number of anilines is 3. The fourth-order valence-corrected chi connectivity index (χ4v) is 2.95. The lowest BCUT2D eigenvalue weighted by atomic mass is 9.78. The molecule has 0 amide bonds. The van der Waals surface area contributed by atoms with E-state index in [1.54, 1.807) is 0 Å². The molecule has 3 rings (SSSR count). The molecular formula is C22H30N4O. The Labute approximate surface area is 161 Å². The third kappa shape index (κ3) is 7.54. The van der Waals surface area contributed by atoms with E-state index in [-0.39, 0.29) is 12.0 Å². The second-order valence-electron chi connectivity index (χ2n) is 7.44. The molecule has 0 aliphatic heterocycles. The predicted molar refractivity (Wildman–Crippen MR) is 116 cm³/mol. The van der Waals surface area contributed by atoms with Gasteiger partial charge in [-0.2, -0.15) is 0 Å². The highest BCUT2D eigenvalue weighted by Crippen LogP contribution is 2.34. The van der Waals surface area contributed by atoms with Crippen molar-refractivity contribution < 1.29 is 5.11 Å². The van der Waals surface area contributed by atoms with Crippen LogP contribution in [-0.2, 0) is 0 Å². The predicted octanol–water partition coefficient (Wildman–Crippen LogP) is 4.09. The van der Waals surface area contributed by atoms with E-state index >= 15 is 0 Å². The zero-order valence-electron chi connectivity index (χ0n) is 16.2. The highest BCUT2D eigenvalue weighted by molar-refractivity contribution is 5.97. The molecule has 0 unspecified atom stereocenters. The number of hydrogen-bond donors (Lipinski definition) is 4. The third-order valence-electron chi connectivity index (χ3n) is 4.10. The summed E-state index contributed by atoms with van der Waals surface area (Å²) in [4.78, 5) is 4.43. The van der Waals surface area contributed by atoms with Crippen LogP contribution >= 0.6 is 0 Å². The number of allylic oxidation sites excluding steroid dienone is 2. The van der Waals surface area contributed by atoms with E-state index in [0.717, 1.165) is 41.3 Å². The van der Waals surface area contributed by atoms with Crippen molar-refractivity contribution in [1.82, 2.24) is 0 Å². The monoisotopic (exact) mass is 366 g/mol. The zero-order chi connectivity index (χ0) is 19.7. The first-order valence-electron chi connectivity index (χ1n) is 9.16. The molecule has 144 valence electrons. The zero-order valence-corrected chi connectivity index (χ0v) is 16.2. The first-order valence-corrected chi connectivity index (χ1v) is 9.16. The molecular weight excluding hydrogens is 336 g/mol. The second-order valence-corrected chi connectivity index (χ2v) is 7.44. The molecule has 0 spiro atoms. The summed E-state index contributed by atoms with van der Waals surface area (Å²) in [5.74, 6) is 0. The van der Waals surface area contributed by atoms with E-state index < -0.39 is 0 Å². The Hall–Kier alpha value is -2.79. The number of hydrogen-bond acceptors (Lipinski definition) is 5. The minimum absolute atomic E-state index is 0.0957. The molecule has 0 radical (unpaired) electrons. The topological polar surface area (TPSA) is 96.7 Å². The number of aliphatic imine (C=N–C) groups is 1. The molecule has 5 heteroatoms. The molecule has 1 aliphatic carbocycles. The van der Waals surface area contributed by atoms with E-state index in [0.29, 0.717) is 6.54 Å². The molecule has 27 heavy (non-hydrogen) atoms. The summed E-state index contributed by atoms with van der Waals surface area (Å²) in [6, 6.07) is 17.2. The summed E-state index contributed by atoms with van der Waals surface area (Å²) < 4.78 is 0. The van der Waals surface area contributed by atoms with Crippen LogP contribution in [0.5, 0.6) is 0 Å². The molecule has 2 aromatic rings. The van der Waals surface area contributed by atoms with E-state index in [9.17, 15) is 0 Å². The van der Waals surface area contributed by atoms with Gasteiger partial charge in [-0.15, -0.1) is 0 Å². The van der Waals surface area contributed by atoms with Crippen LogP contribution in [0.3, 0.4) is 0 Å². The minimum Gasteiger partial charge on any atom is -0.399 e. The first kappa shape index (κ1) is 20.5. The van der Waals surface area contributed by atoms with Crippen LogP contribution in [0.4, 0.5) is 17.1 Å². The molecule has 0 aromatic heterocycles. The van der Waals surface area contributed by atoms with Crippen molar-refractivity contribution in [1.29, 1.82) is 0 Å². The molecule has 0 saturated carbocycles. The van der Waals surface area contributed by atoms with Gasteiger partial charge in [0.2, 0.25) is 0 Å². The van der Waals surface area contributed by atoms with Gasteiger partial charge in [0.25, 0.3) is 0 Å². The highest BCUT2D eigenvalue weighted by atomic mass is 16.3. The van der Waals surface area contributed by atoms with Crippen LogP contribution in [-0.4, -0.2) is 24.0 Å². The number of aliphatic hydroxyl groups excluding tert-OH is 1. The van der Waals surface area contributed by atoms with Gasteiger partial charge in [0.05, 0.1) is 13.2 Å². The summed E-state index contributed by atoms with van der Waals surface area (Å²) in [5, 5.41) is 12.3. The number of para-hydroxylation sites is 1. The summed E-state index contributed by atoms with van der Waals surface area (Å²) in [6.45, 7) is 5.04. The van der Waals surface area contributed by atoms with Crippen molar-refractivity contribution in [3.05, 3.63) is 66.4 Å². The lowest BCUT2D eigenvalue weighted by Gasteiger charge is -2.31. The molecule has 0 bridgehead atoms. The van der Waals surface area contributed by atoms with Gasteiger partial charge < -0.3 is 21.9 Å². The molecule has 6 N–H and O–H groups in total. The van der Waals surface area contributed by atoms with Crippen molar-refractivity contribution >= 4 is 22.8 Å². The van der Waals surface area contributed by atoms with Gasteiger partial charge in [-0.3, -0.25) is 4.99 Å². The normalized spacial score (nSPS) is 16.9. The van der Waals surface area contributed by atoms with Crippen LogP contribution in [0.2, 0.25) is 0 Å². The molecule has 2 aromatic carbocycles. The minimum atomic E-state index is 0.0957. The molecule has 0 fully saturated rings. The third-order valence-corrected chi connectivity index (χ3v) is 4.10. The van der Waals surface area contributed by atoms with Crippen molar-refractivity contribution in [3.8, 4) is 0 Å². The number of nitrogens with one attached hydrogen (secondary N) is 1. The Bertz CT molecular complexity index is 765. The average molecular weight is 367 g/mol. The maximum Gasteiger partial charge on any atom is 0.0627 e. The van der Waals surface area contributed by atoms with E-state index in [1.165, 1.54) is 0 Å². The Kier molecular flexibility index (Phi) is 7.44. The summed E-state index contributed by atoms with van der Waals surface area (Å²) in [7, 11) is 0. The Morgan fingerprint density at radius 1 is 0.963 bits per heavy atom. The maximum atomic E-state index is 8.90. The number of nitrogen functional groups attached to an aromatic ring is 2. The Morgan fingerprint density at radius 2 is 1.59 bits per heavy atom. The summed E-state index contributed by atoms with van der Waals surface area (Å²) >= 11 is 0. The van der Waals surface area contributed by atoms with Gasteiger partial charge in [-0.1, -0.05) is 32.0 Å². The Balaban J connectivity index is 0.000000313. The SMILES string of the molecule is CC1(C)CC(Nc2ccc(N)cc2)=CC(=NCCO)C1.Nc1ccccc1. The number of rotatable bonds is 4. The van der Waals surface area contributed by atoms with Crippen molar-refractivity contribution in [3.63, 3.8) is 0 Å². The van der Waals surface area contributed by atoms with Gasteiger partial charge in [0, 0.05) is 28.5 Å². The van der Waals surface area contributed by atoms with Gasteiger partial charge in [0.1, 0.15) is 0 Å². The summed E-state index contributed by atoms with van der Waals surface area (Å²) in [5.41, 5.74) is 16.1. The second kappa shape index (κ2) is 9.78. The van der Waals surface area contributed by atoms with Crippen molar-refractivity contribution in [2.75, 3.05) is 29.9 Å². The van der Waals surface area contributed by atoms with Crippen molar-refractivity contribution in [2.24, 2.45) is 10.4 Å². The largest absolute Gasteiger partial charge is 0.399 e. The number of nitrogens with two attached hydrogens (primary N) is 2. The van der Waals surface area contributed by atoms with E-state index in [4.69, 9.17) is 16.6 Å². The Morgan fingerprint density at radius 3 is 2.15 bits per heavy atom. The quantitative estimate of drug-likeness (QED) is 0.613. The lowest BCUT2D eigenvalue weighted by molar-refractivity contribution is 0.306. The molecule has 0 heterocycles. The van der Waals surface area contributed by atoms with Crippen LogP contribution in [0.1, 0.15) is 26.7 Å².